The van der Waals surface area contributed by atoms with Crippen molar-refractivity contribution in [3.63, 3.8) is 0 Å². The Balaban J connectivity index is 1.43. The van der Waals surface area contributed by atoms with Gasteiger partial charge in [-0.1, -0.05) is 30.3 Å². The van der Waals surface area contributed by atoms with Crippen molar-refractivity contribution in [3.8, 4) is 0 Å². The first kappa shape index (κ1) is 20.2. The highest BCUT2D eigenvalue weighted by Gasteiger charge is 2.37. The molecule has 2 saturated heterocycles. The number of aryl methyl sites for hydroxylation is 1. The van der Waals surface area contributed by atoms with Gasteiger partial charge in [-0.3, -0.25) is 9.59 Å². The Hall–Kier alpha value is -2.57. The van der Waals surface area contributed by atoms with E-state index in [1.807, 2.05) is 23.1 Å². The van der Waals surface area contributed by atoms with Gasteiger partial charge in [0.25, 0.3) is 0 Å². The quantitative estimate of drug-likeness (QED) is 0.746. The van der Waals surface area contributed by atoms with E-state index in [2.05, 4.69) is 12.1 Å². The Morgan fingerprint density at radius 2 is 1.75 bits per heavy atom. The predicted molar refractivity (Wildman–Crippen MR) is 105 cm³/mol. The van der Waals surface area contributed by atoms with Gasteiger partial charge in [0.2, 0.25) is 11.8 Å². The van der Waals surface area contributed by atoms with Gasteiger partial charge in [0.05, 0.1) is 12.5 Å². The smallest absolute Gasteiger partial charge is 0.409 e. The molecule has 28 heavy (non-hydrogen) atoms. The molecule has 3 rings (SSSR count). The zero-order valence-corrected chi connectivity index (χ0v) is 16.5. The molecule has 0 bridgehead atoms. The lowest BCUT2D eigenvalue weighted by Crippen LogP contribution is -2.52. The molecule has 3 amide bonds. The second-order valence-corrected chi connectivity index (χ2v) is 7.34. The lowest BCUT2D eigenvalue weighted by Gasteiger charge is -2.35. The number of amides is 3. The third kappa shape index (κ3) is 5.03. The molecular formula is C21H29N3O4. The van der Waals surface area contributed by atoms with Gasteiger partial charge in [-0.25, -0.2) is 4.79 Å². The first-order valence-electron chi connectivity index (χ1n) is 10.1. The molecule has 1 aromatic rings. The van der Waals surface area contributed by atoms with E-state index < -0.39 is 0 Å². The van der Waals surface area contributed by atoms with E-state index in [-0.39, 0.29) is 23.8 Å². The molecule has 0 N–H and O–H groups in total. The molecule has 1 unspecified atom stereocenters. The highest BCUT2D eigenvalue weighted by atomic mass is 16.6. The Morgan fingerprint density at radius 1 is 1.07 bits per heavy atom. The van der Waals surface area contributed by atoms with E-state index >= 15 is 0 Å². The summed E-state index contributed by atoms with van der Waals surface area (Å²) in [6.07, 6.45) is 1.80. The van der Waals surface area contributed by atoms with Crippen molar-refractivity contribution in [2.75, 3.05) is 45.9 Å². The van der Waals surface area contributed by atoms with Gasteiger partial charge in [0.15, 0.2) is 0 Å². The fourth-order valence-electron chi connectivity index (χ4n) is 3.85. The minimum absolute atomic E-state index is 0.0300. The molecule has 0 aromatic heterocycles. The van der Waals surface area contributed by atoms with E-state index in [9.17, 15) is 14.4 Å². The summed E-state index contributed by atoms with van der Waals surface area (Å²) in [6, 6.07) is 10.2. The third-order valence-electron chi connectivity index (χ3n) is 5.42. The van der Waals surface area contributed by atoms with Gasteiger partial charge in [0.1, 0.15) is 0 Å². The van der Waals surface area contributed by atoms with Crippen LogP contribution < -0.4 is 0 Å². The molecule has 2 fully saturated rings. The van der Waals surface area contributed by atoms with Crippen LogP contribution in [0.25, 0.3) is 0 Å². The summed E-state index contributed by atoms with van der Waals surface area (Å²) in [5.41, 5.74) is 1.27. The van der Waals surface area contributed by atoms with Crippen LogP contribution in [0, 0.1) is 5.92 Å². The molecule has 2 aliphatic heterocycles. The second kappa shape index (κ2) is 9.57. The van der Waals surface area contributed by atoms with Gasteiger partial charge in [-0.05, 0) is 25.3 Å². The van der Waals surface area contributed by atoms with E-state index in [4.69, 9.17) is 4.74 Å². The fraction of sp³-hybridized carbons (Fsp3) is 0.571. The molecule has 0 aliphatic carbocycles. The number of hydrogen-bond donors (Lipinski definition) is 0. The molecular weight excluding hydrogens is 358 g/mol. The molecule has 0 radical (unpaired) electrons. The maximum atomic E-state index is 12.8. The van der Waals surface area contributed by atoms with Gasteiger partial charge in [-0.2, -0.15) is 0 Å². The van der Waals surface area contributed by atoms with Crippen LogP contribution in [0.15, 0.2) is 30.3 Å². The molecule has 7 heteroatoms. The van der Waals surface area contributed by atoms with Gasteiger partial charge in [-0.15, -0.1) is 0 Å². The lowest BCUT2D eigenvalue weighted by molar-refractivity contribution is -0.137. The number of carbonyl (C=O) groups excluding carboxylic acids is 3. The molecule has 2 aliphatic rings. The summed E-state index contributed by atoms with van der Waals surface area (Å²) in [5.74, 6) is -0.169. The SMILES string of the molecule is CCOC(=O)N1CCN(C(=O)C2CC(=O)N(CCCc3ccccc3)C2)CC1. The van der Waals surface area contributed by atoms with Gasteiger partial charge < -0.3 is 19.4 Å². The van der Waals surface area contributed by atoms with Crippen LogP contribution in [0.1, 0.15) is 25.3 Å². The van der Waals surface area contributed by atoms with Crippen LogP contribution in [-0.2, 0) is 20.7 Å². The summed E-state index contributed by atoms with van der Waals surface area (Å²) in [4.78, 5) is 42.1. The predicted octanol–water partition coefficient (Wildman–Crippen LogP) is 1.77. The van der Waals surface area contributed by atoms with E-state index in [0.717, 1.165) is 12.8 Å². The van der Waals surface area contributed by atoms with E-state index in [0.29, 0.717) is 52.3 Å². The number of hydrogen-bond acceptors (Lipinski definition) is 4. The van der Waals surface area contributed by atoms with Crippen molar-refractivity contribution in [2.24, 2.45) is 5.92 Å². The number of piperazine rings is 1. The highest BCUT2D eigenvalue weighted by Crippen LogP contribution is 2.21. The van der Waals surface area contributed by atoms with Gasteiger partial charge >= 0.3 is 6.09 Å². The molecule has 0 saturated carbocycles. The Bertz CT molecular complexity index is 686. The van der Waals surface area contributed by atoms with Crippen molar-refractivity contribution in [1.82, 2.24) is 14.7 Å². The van der Waals surface area contributed by atoms with Crippen LogP contribution in [0.4, 0.5) is 4.79 Å². The summed E-state index contributed by atoms with van der Waals surface area (Å²) in [6.45, 7) is 5.27. The summed E-state index contributed by atoms with van der Waals surface area (Å²) in [7, 11) is 0. The number of ether oxygens (including phenoxy) is 1. The fourth-order valence-corrected chi connectivity index (χ4v) is 3.85. The van der Waals surface area contributed by atoms with E-state index in [1.165, 1.54) is 5.56 Å². The zero-order valence-electron chi connectivity index (χ0n) is 16.5. The Labute approximate surface area is 166 Å². The molecule has 1 aromatic carbocycles. The van der Waals surface area contributed by atoms with Crippen molar-refractivity contribution in [2.45, 2.75) is 26.2 Å². The summed E-state index contributed by atoms with van der Waals surface area (Å²) >= 11 is 0. The standard InChI is InChI=1S/C21H29N3O4/c1-2-28-21(27)23-13-11-22(12-14-23)20(26)18-15-19(25)24(16-18)10-6-9-17-7-4-3-5-8-17/h3-5,7-8,18H,2,6,9-16H2,1H3. The maximum Gasteiger partial charge on any atom is 0.409 e. The first-order chi connectivity index (χ1) is 13.6. The normalized spacial score (nSPS) is 19.8. The summed E-state index contributed by atoms with van der Waals surface area (Å²) in [5, 5.41) is 0. The molecule has 152 valence electrons. The van der Waals surface area contributed by atoms with Crippen LogP contribution in [-0.4, -0.2) is 78.5 Å². The highest BCUT2D eigenvalue weighted by molar-refractivity contribution is 5.89. The average molecular weight is 387 g/mol. The maximum absolute atomic E-state index is 12.8. The Kier molecular flexibility index (Phi) is 6.90. The molecule has 1 atom stereocenters. The van der Waals surface area contributed by atoms with Crippen LogP contribution >= 0.6 is 0 Å². The van der Waals surface area contributed by atoms with Crippen molar-refractivity contribution in [3.05, 3.63) is 35.9 Å². The largest absolute Gasteiger partial charge is 0.450 e. The van der Waals surface area contributed by atoms with Crippen LogP contribution in [0.2, 0.25) is 0 Å². The number of nitrogens with zero attached hydrogens (tertiary/aromatic N) is 3. The van der Waals surface area contributed by atoms with E-state index in [1.54, 1.807) is 16.7 Å². The second-order valence-electron chi connectivity index (χ2n) is 7.34. The minimum atomic E-state index is -0.324. The topological polar surface area (TPSA) is 70.2 Å². The number of rotatable bonds is 6. The first-order valence-corrected chi connectivity index (χ1v) is 10.1. The monoisotopic (exact) mass is 387 g/mol. The molecule has 2 heterocycles. The summed E-state index contributed by atoms with van der Waals surface area (Å²) < 4.78 is 5.01. The van der Waals surface area contributed by atoms with Crippen LogP contribution in [0.5, 0.6) is 0 Å². The lowest BCUT2D eigenvalue weighted by atomic mass is 10.1. The molecule has 0 spiro atoms. The number of likely N-dealkylation sites (tertiary alicyclic amines) is 1. The Morgan fingerprint density at radius 3 is 2.43 bits per heavy atom. The van der Waals surface area contributed by atoms with Crippen molar-refractivity contribution in [1.29, 1.82) is 0 Å². The third-order valence-corrected chi connectivity index (χ3v) is 5.42. The average Bonchev–Trinajstić information content (AvgIpc) is 3.09. The minimum Gasteiger partial charge on any atom is -0.450 e. The molecule has 7 nitrogen and oxygen atoms in total. The number of benzene rings is 1. The van der Waals surface area contributed by atoms with Crippen molar-refractivity contribution >= 4 is 17.9 Å². The van der Waals surface area contributed by atoms with Crippen LogP contribution in [0.3, 0.4) is 0 Å². The van der Waals surface area contributed by atoms with Gasteiger partial charge in [0, 0.05) is 45.7 Å². The zero-order chi connectivity index (χ0) is 19.9. The van der Waals surface area contributed by atoms with Crippen molar-refractivity contribution < 1.29 is 19.1 Å². The number of carbonyl (C=O) groups is 3.